The number of rotatable bonds is 4. The number of carbonyl (C=O) groups is 1. The molecule has 1 heterocycles. The lowest BCUT2D eigenvalue weighted by molar-refractivity contribution is -0.127. The Kier molecular flexibility index (Phi) is 5.01. The van der Waals surface area contributed by atoms with Crippen LogP contribution in [-0.4, -0.2) is 49.1 Å². The van der Waals surface area contributed by atoms with Gasteiger partial charge in [-0.25, -0.2) is 0 Å². The molecule has 0 bridgehead atoms. The lowest BCUT2D eigenvalue weighted by Crippen LogP contribution is -2.52. The molecule has 1 saturated heterocycles. The molecule has 1 amide bonds. The zero-order valence-corrected chi connectivity index (χ0v) is 11.7. The van der Waals surface area contributed by atoms with Crippen LogP contribution in [0.15, 0.2) is 0 Å². The molecule has 2 fully saturated rings. The zero-order chi connectivity index (χ0) is 13.0. The second-order valence-electron chi connectivity index (χ2n) is 5.81. The van der Waals surface area contributed by atoms with E-state index >= 15 is 0 Å². The molecule has 0 aromatic rings. The molecule has 0 radical (unpaired) electrons. The molecule has 104 valence electrons. The molecule has 0 aromatic heterocycles. The molecular weight excluding hydrogens is 226 g/mol. The average molecular weight is 253 g/mol. The van der Waals surface area contributed by atoms with Crippen molar-refractivity contribution in [1.82, 2.24) is 15.5 Å². The smallest absolute Gasteiger partial charge is 0.237 e. The zero-order valence-electron chi connectivity index (χ0n) is 11.7. The van der Waals surface area contributed by atoms with Crippen molar-refractivity contribution in [2.24, 2.45) is 0 Å². The van der Waals surface area contributed by atoms with E-state index < -0.39 is 0 Å². The SMILES string of the molecule is CC(C(=O)NC1CCCC1)N(C)C1CCNCC1. The van der Waals surface area contributed by atoms with Gasteiger partial charge < -0.3 is 10.6 Å². The van der Waals surface area contributed by atoms with E-state index in [0.29, 0.717) is 12.1 Å². The molecular formula is C14H27N3O. The number of hydrogen-bond acceptors (Lipinski definition) is 3. The molecule has 0 spiro atoms. The monoisotopic (exact) mass is 253 g/mol. The molecule has 1 aliphatic heterocycles. The Balaban J connectivity index is 1.80. The number of hydrogen-bond donors (Lipinski definition) is 2. The van der Waals surface area contributed by atoms with Gasteiger partial charge in [-0.1, -0.05) is 12.8 Å². The van der Waals surface area contributed by atoms with Crippen LogP contribution in [0, 0.1) is 0 Å². The van der Waals surface area contributed by atoms with Gasteiger partial charge >= 0.3 is 0 Å². The second-order valence-corrected chi connectivity index (χ2v) is 5.81. The molecule has 1 unspecified atom stereocenters. The first kappa shape index (κ1) is 13.8. The van der Waals surface area contributed by atoms with Crippen LogP contribution in [0.5, 0.6) is 0 Å². The molecule has 2 N–H and O–H groups in total. The predicted molar refractivity (Wildman–Crippen MR) is 73.5 cm³/mol. The van der Waals surface area contributed by atoms with E-state index in [-0.39, 0.29) is 11.9 Å². The summed E-state index contributed by atoms with van der Waals surface area (Å²) < 4.78 is 0. The van der Waals surface area contributed by atoms with Crippen molar-refractivity contribution in [2.45, 2.75) is 63.6 Å². The first-order valence-corrected chi connectivity index (χ1v) is 7.41. The van der Waals surface area contributed by atoms with E-state index in [0.717, 1.165) is 38.8 Å². The Morgan fingerprint density at radius 3 is 2.44 bits per heavy atom. The molecule has 0 aromatic carbocycles. The second kappa shape index (κ2) is 6.53. The Morgan fingerprint density at radius 1 is 1.22 bits per heavy atom. The van der Waals surface area contributed by atoms with E-state index in [2.05, 4.69) is 22.6 Å². The minimum Gasteiger partial charge on any atom is -0.352 e. The molecule has 4 heteroatoms. The van der Waals surface area contributed by atoms with Crippen LogP contribution in [0.1, 0.15) is 45.4 Å². The van der Waals surface area contributed by atoms with Crippen molar-refractivity contribution in [3.8, 4) is 0 Å². The van der Waals surface area contributed by atoms with Crippen LogP contribution in [0.25, 0.3) is 0 Å². The van der Waals surface area contributed by atoms with Gasteiger partial charge in [-0.2, -0.15) is 0 Å². The van der Waals surface area contributed by atoms with Gasteiger partial charge in [-0.05, 0) is 52.7 Å². The Hall–Kier alpha value is -0.610. The first-order chi connectivity index (χ1) is 8.68. The lowest BCUT2D eigenvalue weighted by Gasteiger charge is -2.35. The summed E-state index contributed by atoms with van der Waals surface area (Å²) in [6.07, 6.45) is 7.16. The summed E-state index contributed by atoms with van der Waals surface area (Å²) in [7, 11) is 2.09. The van der Waals surface area contributed by atoms with Gasteiger partial charge in [0, 0.05) is 12.1 Å². The van der Waals surface area contributed by atoms with Crippen LogP contribution in [-0.2, 0) is 4.79 Å². The Bertz CT molecular complexity index is 270. The lowest BCUT2D eigenvalue weighted by atomic mass is 10.0. The third kappa shape index (κ3) is 3.45. The maximum Gasteiger partial charge on any atom is 0.237 e. The molecule has 4 nitrogen and oxygen atoms in total. The predicted octanol–water partition coefficient (Wildman–Crippen LogP) is 1.12. The highest BCUT2D eigenvalue weighted by Gasteiger charge is 2.27. The van der Waals surface area contributed by atoms with Crippen LogP contribution in [0.3, 0.4) is 0 Å². The van der Waals surface area contributed by atoms with Crippen LogP contribution >= 0.6 is 0 Å². The summed E-state index contributed by atoms with van der Waals surface area (Å²) in [5.41, 5.74) is 0. The van der Waals surface area contributed by atoms with Crippen molar-refractivity contribution in [2.75, 3.05) is 20.1 Å². The normalized spacial score (nSPS) is 24.4. The average Bonchev–Trinajstić information content (AvgIpc) is 2.91. The third-order valence-electron chi connectivity index (χ3n) is 4.58. The van der Waals surface area contributed by atoms with Crippen molar-refractivity contribution < 1.29 is 4.79 Å². The third-order valence-corrected chi connectivity index (χ3v) is 4.58. The first-order valence-electron chi connectivity index (χ1n) is 7.41. The van der Waals surface area contributed by atoms with Gasteiger partial charge in [0.25, 0.3) is 0 Å². The maximum absolute atomic E-state index is 12.2. The number of nitrogens with zero attached hydrogens (tertiary/aromatic N) is 1. The Morgan fingerprint density at radius 2 is 1.83 bits per heavy atom. The number of amides is 1. The maximum atomic E-state index is 12.2. The van der Waals surface area contributed by atoms with Gasteiger partial charge in [0.2, 0.25) is 5.91 Å². The van der Waals surface area contributed by atoms with Gasteiger partial charge in [0.1, 0.15) is 0 Å². The molecule has 1 atom stereocenters. The topological polar surface area (TPSA) is 44.4 Å². The van der Waals surface area contributed by atoms with Gasteiger partial charge in [0.05, 0.1) is 6.04 Å². The number of likely N-dealkylation sites (N-methyl/N-ethyl adjacent to an activating group) is 1. The molecule has 2 rings (SSSR count). The summed E-state index contributed by atoms with van der Waals surface area (Å²) in [5.74, 6) is 0.211. The fourth-order valence-corrected chi connectivity index (χ4v) is 3.11. The highest BCUT2D eigenvalue weighted by molar-refractivity contribution is 5.81. The number of carbonyl (C=O) groups excluding carboxylic acids is 1. The van der Waals surface area contributed by atoms with E-state index in [1.54, 1.807) is 0 Å². The summed E-state index contributed by atoms with van der Waals surface area (Å²) in [5, 5.41) is 6.57. The summed E-state index contributed by atoms with van der Waals surface area (Å²) in [4.78, 5) is 14.5. The van der Waals surface area contributed by atoms with Gasteiger partial charge in [-0.15, -0.1) is 0 Å². The largest absolute Gasteiger partial charge is 0.352 e. The molecule has 1 aliphatic carbocycles. The van der Waals surface area contributed by atoms with Crippen molar-refractivity contribution in [3.63, 3.8) is 0 Å². The van der Waals surface area contributed by atoms with Crippen LogP contribution in [0.2, 0.25) is 0 Å². The van der Waals surface area contributed by atoms with Crippen molar-refractivity contribution in [3.05, 3.63) is 0 Å². The fraction of sp³-hybridized carbons (Fsp3) is 0.929. The minimum atomic E-state index is -0.00583. The van der Waals surface area contributed by atoms with Gasteiger partial charge in [0.15, 0.2) is 0 Å². The van der Waals surface area contributed by atoms with Gasteiger partial charge in [-0.3, -0.25) is 9.69 Å². The van der Waals surface area contributed by atoms with Crippen molar-refractivity contribution in [1.29, 1.82) is 0 Å². The number of piperidine rings is 1. The Labute approximate surface area is 110 Å². The van der Waals surface area contributed by atoms with E-state index in [9.17, 15) is 4.79 Å². The van der Waals surface area contributed by atoms with E-state index in [4.69, 9.17) is 0 Å². The van der Waals surface area contributed by atoms with E-state index in [1.807, 2.05) is 6.92 Å². The highest BCUT2D eigenvalue weighted by atomic mass is 16.2. The summed E-state index contributed by atoms with van der Waals surface area (Å²) in [6.45, 7) is 4.18. The minimum absolute atomic E-state index is 0.00583. The van der Waals surface area contributed by atoms with Crippen LogP contribution < -0.4 is 10.6 Å². The van der Waals surface area contributed by atoms with Crippen molar-refractivity contribution >= 4 is 5.91 Å². The molecule has 18 heavy (non-hydrogen) atoms. The fourth-order valence-electron chi connectivity index (χ4n) is 3.11. The molecule has 2 aliphatic rings. The highest BCUT2D eigenvalue weighted by Crippen LogP contribution is 2.18. The standard InChI is InChI=1S/C14H27N3O/c1-11(14(18)16-12-5-3-4-6-12)17(2)13-7-9-15-10-8-13/h11-13,15H,3-10H2,1-2H3,(H,16,18). The quantitative estimate of drug-likeness (QED) is 0.789. The van der Waals surface area contributed by atoms with E-state index in [1.165, 1.54) is 12.8 Å². The summed E-state index contributed by atoms with van der Waals surface area (Å²) in [6, 6.07) is 0.977. The molecule has 1 saturated carbocycles. The van der Waals surface area contributed by atoms with Crippen LogP contribution in [0.4, 0.5) is 0 Å². The number of nitrogens with one attached hydrogen (secondary N) is 2. The summed E-state index contributed by atoms with van der Waals surface area (Å²) >= 11 is 0.